The van der Waals surface area contributed by atoms with Gasteiger partial charge in [-0.05, 0) is 59.9 Å². The summed E-state index contributed by atoms with van der Waals surface area (Å²) < 4.78 is 34.7. The molecule has 0 aliphatic rings. The molecular weight excluding hydrogens is 532 g/mol. The van der Waals surface area contributed by atoms with E-state index >= 15 is 0 Å². The number of anilines is 1. The minimum atomic E-state index is -3.70. The summed E-state index contributed by atoms with van der Waals surface area (Å²) in [6, 6.07) is 15.5. The Morgan fingerprint density at radius 3 is 2.28 bits per heavy atom. The molecule has 39 heavy (non-hydrogen) atoms. The molecule has 0 aliphatic carbocycles. The molecule has 0 N–H and O–H groups in total. The number of thiazole rings is 1. The molecule has 0 unspecified atom stereocenters. The zero-order valence-corrected chi connectivity index (χ0v) is 24.5. The third-order valence-corrected chi connectivity index (χ3v) is 8.90. The molecule has 0 radical (unpaired) electrons. The van der Waals surface area contributed by atoms with Crippen LogP contribution in [-0.2, 0) is 16.6 Å². The first-order valence-electron chi connectivity index (χ1n) is 12.8. The molecule has 1 amide bonds. The summed E-state index contributed by atoms with van der Waals surface area (Å²) in [6.07, 6.45) is 3.39. The normalized spacial score (nSPS) is 12.0. The molecule has 0 atom stereocenters. The van der Waals surface area contributed by atoms with Gasteiger partial charge in [0, 0.05) is 37.1 Å². The molecule has 0 aliphatic heterocycles. The lowest BCUT2D eigenvalue weighted by Gasteiger charge is -2.26. The Morgan fingerprint density at radius 1 is 1.00 bits per heavy atom. The number of fused-ring (bicyclic) bond motifs is 1. The fourth-order valence-electron chi connectivity index (χ4n) is 4.20. The molecular formula is C29H34N4O4S2. The highest BCUT2D eigenvalue weighted by atomic mass is 32.2. The number of carbonyl (C=O) groups excluding carboxylic acids is 1. The number of amides is 1. The molecule has 2 aromatic heterocycles. The molecule has 10 heteroatoms. The van der Waals surface area contributed by atoms with Gasteiger partial charge in [-0.25, -0.2) is 13.4 Å². The van der Waals surface area contributed by atoms with Crippen molar-refractivity contribution in [3.8, 4) is 5.75 Å². The van der Waals surface area contributed by atoms with Crippen LogP contribution >= 0.6 is 11.3 Å². The van der Waals surface area contributed by atoms with Gasteiger partial charge in [0.15, 0.2) is 5.13 Å². The van der Waals surface area contributed by atoms with Crippen LogP contribution in [0.2, 0.25) is 0 Å². The highest BCUT2D eigenvalue weighted by Gasteiger charge is 2.27. The summed E-state index contributed by atoms with van der Waals surface area (Å²) in [5.74, 6) is 0.781. The maximum absolute atomic E-state index is 13.8. The number of hydrogen-bond donors (Lipinski definition) is 0. The van der Waals surface area contributed by atoms with Crippen molar-refractivity contribution in [2.24, 2.45) is 11.8 Å². The van der Waals surface area contributed by atoms with Gasteiger partial charge >= 0.3 is 0 Å². The summed E-state index contributed by atoms with van der Waals surface area (Å²) in [7, 11) is -2.10. The van der Waals surface area contributed by atoms with Crippen molar-refractivity contribution >= 4 is 42.6 Å². The Kier molecular flexibility index (Phi) is 8.99. The van der Waals surface area contributed by atoms with Gasteiger partial charge < -0.3 is 4.74 Å². The molecule has 0 saturated heterocycles. The minimum Gasteiger partial charge on any atom is -0.497 e. The van der Waals surface area contributed by atoms with E-state index in [1.807, 2.05) is 58.0 Å². The zero-order valence-electron chi connectivity index (χ0n) is 22.9. The predicted octanol–water partition coefficient (Wildman–Crippen LogP) is 5.85. The van der Waals surface area contributed by atoms with E-state index in [2.05, 4.69) is 4.98 Å². The zero-order chi connectivity index (χ0) is 28.2. The van der Waals surface area contributed by atoms with E-state index < -0.39 is 10.0 Å². The quantitative estimate of drug-likeness (QED) is 0.226. The Bertz CT molecular complexity index is 1510. The van der Waals surface area contributed by atoms with Crippen LogP contribution in [0.3, 0.4) is 0 Å². The first kappa shape index (κ1) is 28.7. The van der Waals surface area contributed by atoms with Crippen LogP contribution in [0.25, 0.3) is 10.2 Å². The van der Waals surface area contributed by atoms with Crippen molar-refractivity contribution in [1.29, 1.82) is 0 Å². The van der Waals surface area contributed by atoms with Crippen LogP contribution in [0, 0.1) is 11.8 Å². The number of hydrogen-bond acceptors (Lipinski definition) is 7. The molecule has 4 rings (SSSR count). The number of benzene rings is 2. The number of nitrogens with zero attached hydrogens (tertiary/aromatic N) is 4. The summed E-state index contributed by atoms with van der Waals surface area (Å²) in [5.41, 5.74) is 1.95. The van der Waals surface area contributed by atoms with Gasteiger partial charge in [0.2, 0.25) is 10.0 Å². The molecule has 0 saturated carbocycles. The summed E-state index contributed by atoms with van der Waals surface area (Å²) in [4.78, 5) is 24.5. The predicted molar refractivity (Wildman–Crippen MR) is 156 cm³/mol. The molecule has 206 valence electrons. The summed E-state index contributed by atoms with van der Waals surface area (Å²) >= 11 is 1.40. The lowest BCUT2D eigenvalue weighted by Crippen LogP contribution is -2.37. The second-order valence-corrected chi connectivity index (χ2v) is 13.2. The van der Waals surface area contributed by atoms with Crippen LogP contribution in [0.4, 0.5) is 5.13 Å². The largest absolute Gasteiger partial charge is 0.497 e. The maximum atomic E-state index is 13.8. The average Bonchev–Trinajstić information content (AvgIpc) is 3.34. The molecule has 2 heterocycles. The number of pyridine rings is 1. The summed E-state index contributed by atoms with van der Waals surface area (Å²) in [5, 5.41) is 0.531. The second kappa shape index (κ2) is 12.2. The van der Waals surface area contributed by atoms with Crippen molar-refractivity contribution in [3.05, 3.63) is 78.1 Å². The van der Waals surface area contributed by atoms with Crippen molar-refractivity contribution < 1.29 is 17.9 Å². The Labute approximate surface area is 234 Å². The Balaban J connectivity index is 1.67. The molecule has 8 nitrogen and oxygen atoms in total. The highest BCUT2D eigenvalue weighted by Crippen LogP contribution is 2.33. The van der Waals surface area contributed by atoms with Crippen molar-refractivity contribution in [2.45, 2.75) is 39.1 Å². The minimum absolute atomic E-state index is 0.172. The van der Waals surface area contributed by atoms with Crippen molar-refractivity contribution in [1.82, 2.24) is 14.3 Å². The van der Waals surface area contributed by atoms with Crippen molar-refractivity contribution in [2.75, 3.05) is 25.1 Å². The summed E-state index contributed by atoms with van der Waals surface area (Å²) in [6.45, 7) is 9.13. The van der Waals surface area contributed by atoms with E-state index in [4.69, 9.17) is 9.72 Å². The van der Waals surface area contributed by atoms with Crippen LogP contribution in [-0.4, -0.2) is 48.8 Å². The lowest BCUT2D eigenvalue weighted by atomic mass is 10.2. The van der Waals surface area contributed by atoms with Crippen LogP contribution in [0.1, 0.15) is 43.6 Å². The standard InChI is InChI=1S/C29H34N4O4S2/c1-20(2)17-32(18-21(3)4)39(35,36)25-11-8-23(9-12-25)28(34)33(19-22-7-6-14-30-16-22)29-31-26-15-24(37-5)10-13-27(26)38-29/h6-16,20-21H,17-19H2,1-5H3. The van der Waals surface area contributed by atoms with Gasteiger partial charge in [-0.15, -0.1) is 0 Å². The number of sulfonamides is 1. The van der Waals surface area contributed by atoms with Crippen LogP contribution in [0.15, 0.2) is 71.9 Å². The highest BCUT2D eigenvalue weighted by molar-refractivity contribution is 7.89. The van der Waals surface area contributed by atoms with E-state index in [0.29, 0.717) is 29.5 Å². The molecule has 0 fully saturated rings. The maximum Gasteiger partial charge on any atom is 0.260 e. The Hall–Kier alpha value is -3.34. The lowest BCUT2D eigenvalue weighted by molar-refractivity contribution is 0.0985. The van der Waals surface area contributed by atoms with E-state index in [1.165, 1.54) is 27.8 Å². The first-order valence-corrected chi connectivity index (χ1v) is 15.1. The molecule has 2 aromatic carbocycles. The van der Waals surface area contributed by atoms with Crippen LogP contribution in [0.5, 0.6) is 5.75 Å². The third kappa shape index (κ3) is 6.81. The SMILES string of the molecule is COc1ccc2sc(N(Cc3cccnc3)C(=O)c3ccc(S(=O)(=O)N(CC(C)C)CC(C)C)cc3)nc2c1. The van der Waals surface area contributed by atoms with Gasteiger partial charge in [-0.1, -0.05) is 45.1 Å². The second-order valence-electron chi connectivity index (χ2n) is 10.2. The third-order valence-electron chi connectivity index (χ3n) is 6.00. The fourth-order valence-corrected chi connectivity index (χ4v) is 6.91. The van der Waals surface area contributed by atoms with Gasteiger partial charge in [0.1, 0.15) is 5.75 Å². The number of aromatic nitrogens is 2. The van der Waals surface area contributed by atoms with Gasteiger partial charge in [0.25, 0.3) is 5.91 Å². The molecule has 4 aromatic rings. The van der Waals surface area contributed by atoms with E-state index in [-0.39, 0.29) is 29.2 Å². The average molecular weight is 567 g/mol. The molecule has 0 spiro atoms. The fraction of sp³-hybridized carbons (Fsp3) is 0.345. The van der Waals surface area contributed by atoms with Gasteiger partial charge in [-0.2, -0.15) is 4.31 Å². The smallest absolute Gasteiger partial charge is 0.260 e. The number of methoxy groups -OCH3 is 1. The number of ether oxygens (including phenoxy) is 1. The van der Waals surface area contributed by atoms with Gasteiger partial charge in [0.05, 0.1) is 28.8 Å². The van der Waals surface area contributed by atoms with E-state index in [9.17, 15) is 13.2 Å². The Morgan fingerprint density at radius 2 is 1.69 bits per heavy atom. The molecule has 0 bridgehead atoms. The van der Waals surface area contributed by atoms with E-state index in [0.717, 1.165) is 15.8 Å². The van der Waals surface area contributed by atoms with Gasteiger partial charge in [-0.3, -0.25) is 14.7 Å². The van der Waals surface area contributed by atoms with Crippen molar-refractivity contribution in [3.63, 3.8) is 0 Å². The first-order chi connectivity index (χ1) is 18.6. The van der Waals surface area contributed by atoms with Crippen LogP contribution < -0.4 is 9.64 Å². The number of carbonyl (C=O) groups is 1. The monoisotopic (exact) mass is 566 g/mol. The number of rotatable bonds is 11. The van der Waals surface area contributed by atoms with E-state index in [1.54, 1.807) is 36.5 Å². The topological polar surface area (TPSA) is 92.7 Å².